The van der Waals surface area contributed by atoms with Crippen molar-refractivity contribution in [2.24, 2.45) is 0 Å². The lowest BCUT2D eigenvalue weighted by molar-refractivity contribution is -0.422. The molecule has 0 fully saturated rings. The maximum atomic E-state index is 10.7. The molecule has 5 heteroatoms. The minimum atomic E-state index is -0.420. The van der Waals surface area contributed by atoms with Crippen molar-refractivity contribution in [1.82, 2.24) is 0 Å². The van der Waals surface area contributed by atoms with Crippen LogP contribution in [0.3, 0.4) is 0 Å². The molecule has 0 bridgehead atoms. The number of benzene rings is 1. The Kier molecular flexibility index (Phi) is 3.23. The van der Waals surface area contributed by atoms with Crippen LogP contribution in [0.25, 0.3) is 6.08 Å². The van der Waals surface area contributed by atoms with Crippen LogP contribution in [0.4, 0.5) is 0 Å². The number of rotatable bonds is 3. The highest BCUT2D eigenvalue weighted by atomic mass is 16.6. The summed E-state index contributed by atoms with van der Waals surface area (Å²) in [5.74, 6) is 1.42. The first-order valence-electron chi connectivity index (χ1n) is 5.71. The molecule has 0 saturated heterocycles. The second-order valence-corrected chi connectivity index (χ2v) is 4.38. The van der Waals surface area contributed by atoms with Gasteiger partial charge in [0.2, 0.25) is 5.70 Å². The average Bonchev–Trinajstić information content (AvgIpc) is 2.66. The first kappa shape index (κ1) is 12.4. The monoisotopic (exact) mass is 249 g/mol. The topological polar surface area (TPSA) is 61.6 Å². The molecule has 1 aliphatic rings. The second kappa shape index (κ2) is 4.68. The predicted octanol–water partition coefficient (Wildman–Crippen LogP) is 2.66. The second-order valence-electron chi connectivity index (χ2n) is 4.38. The smallest absolute Gasteiger partial charge is 0.243 e. The summed E-state index contributed by atoms with van der Waals surface area (Å²) in [4.78, 5) is 10.2. The van der Waals surface area contributed by atoms with Gasteiger partial charge in [0.05, 0.1) is 12.0 Å². The van der Waals surface area contributed by atoms with Crippen LogP contribution in [0, 0.1) is 10.1 Å². The molecular weight excluding hydrogens is 234 g/mol. The Morgan fingerprint density at radius 2 is 2.33 bits per heavy atom. The summed E-state index contributed by atoms with van der Waals surface area (Å²) in [5, 5.41) is 10.7. The molecule has 18 heavy (non-hydrogen) atoms. The van der Waals surface area contributed by atoms with Gasteiger partial charge in [0.25, 0.3) is 0 Å². The molecule has 0 aromatic heterocycles. The fraction of sp³-hybridized carbons (Fsp3) is 0.385. The molecule has 0 saturated carbocycles. The van der Waals surface area contributed by atoms with Gasteiger partial charge in [0, 0.05) is 30.5 Å². The lowest BCUT2D eigenvalue weighted by Gasteiger charge is -2.08. The summed E-state index contributed by atoms with van der Waals surface area (Å²) < 4.78 is 10.9. The predicted molar refractivity (Wildman–Crippen MR) is 67.4 cm³/mol. The van der Waals surface area contributed by atoms with Crippen molar-refractivity contribution in [3.63, 3.8) is 0 Å². The summed E-state index contributed by atoms with van der Waals surface area (Å²) in [6, 6.07) is 3.68. The Morgan fingerprint density at radius 1 is 1.61 bits per heavy atom. The number of hydrogen-bond acceptors (Lipinski definition) is 4. The van der Waals surface area contributed by atoms with E-state index in [9.17, 15) is 10.1 Å². The SMILES string of the molecule is COc1cc2c(cc1/C=C(\C)[N+](=O)[O-])O[C@H](C)C2. The van der Waals surface area contributed by atoms with Gasteiger partial charge >= 0.3 is 0 Å². The minimum Gasteiger partial charge on any atom is -0.496 e. The number of methoxy groups -OCH3 is 1. The van der Waals surface area contributed by atoms with Crippen LogP contribution in [0.2, 0.25) is 0 Å². The molecule has 1 aromatic carbocycles. The summed E-state index contributed by atoms with van der Waals surface area (Å²) in [6.07, 6.45) is 2.47. The number of allylic oxidation sites excluding steroid dienone is 1. The van der Waals surface area contributed by atoms with Crippen molar-refractivity contribution in [3.8, 4) is 11.5 Å². The van der Waals surface area contributed by atoms with Crippen LogP contribution < -0.4 is 9.47 Å². The molecule has 2 rings (SSSR count). The van der Waals surface area contributed by atoms with Crippen LogP contribution in [-0.4, -0.2) is 18.1 Å². The number of nitro groups is 1. The van der Waals surface area contributed by atoms with Crippen LogP contribution in [-0.2, 0) is 6.42 Å². The van der Waals surface area contributed by atoms with Crippen molar-refractivity contribution in [3.05, 3.63) is 39.1 Å². The van der Waals surface area contributed by atoms with Gasteiger partial charge in [0.15, 0.2) is 0 Å². The van der Waals surface area contributed by atoms with Crippen molar-refractivity contribution < 1.29 is 14.4 Å². The van der Waals surface area contributed by atoms with E-state index in [1.807, 2.05) is 13.0 Å². The van der Waals surface area contributed by atoms with E-state index in [0.717, 1.165) is 17.7 Å². The molecule has 0 N–H and O–H groups in total. The van der Waals surface area contributed by atoms with Gasteiger partial charge in [-0.2, -0.15) is 0 Å². The number of fused-ring (bicyclic) bond motifs is 1. The maximum Gasteiger partial charge on any atom is 0.243 e. The Balaban J connectivity index is 2.45. The third kappa shape index (κ3) is 2.30. The van der Waals surface area contributed by atoms with E-state index in [-0.39, 0.29) is 11.8 Å². The third-order valence-electron chi connectivity index (χ3n) is 2.90. The van der Waals surface area contributed by atoms with E-state index >= 15 is 0 Å². The number of ether oxygens (including phenoxy) is 2. The van der Waals surface area contributed by atoms with Crippen LogP contribution in [0.5, 0.6) is 11.5 Å². The van der Waals surface area contributed by atoms with E-state index in [1.54, 1.807) is 13.2 Å². The summed E-state index contributed by atoms with van der Waals surface area (Å²) in [6.45, 7) is 3.44. The van der Waals surface area contributed by atoms with Gasteiger partial charge in [-0.25, -0.2) is 0 Å². The molecular formula is C13H15NO4. The summed E-state index contributed by atoms with van der Waals surface area (Å²) >= 11 is 0. The van der Waals surface area contributed by atoms with E-state index in [1.165, 1.54) is 13.0 Å². The van der Waals surface area contributed by atoms with Gasteiger partial charge in [-0.15, -0.1) is 0 Å². The third-order valence-corrected chi connectivity index (χ3v) is 2.90. The molecule has 1 atom stereocenters. The van der Waals surface area contributed by atoms with E-state index in [0.29, 0.717) is 11.3 Å². The Hall–Kier alpha value is -2.04. The molecule has 1 aromatic rings. The standard InChI is InChI=1S/C13H15NO4/c1-8(14(15)16)4-10-7-13-11(5-9(2)18-13)6-12(10)17-3/h4,6-7,9H,5H2,1-3H3/b8-4+/t9-/m1/s1. The number of nitrogens with zero attached hydrogens (tertiary/aromatic N) is 1. The average molecular weight is 249 g/mol. The van der Waals surface area contributed by atoms with E-state index in [2.05, 4.69) is 0 Å². The highest BCUT2D eigenvalue weighted by Gasteiger charge is 2.21. The zero-order valence-corrected chi connectivity index (χ0v) is 10.6. The quantitative estimate of drug-likeness (QED) is 0.610. The Morgan fingerprint density at radius 3 is 2.94 bits per heavy atom. The highest BCUT2D eigenvalue weighted by Crippen LogP contribution is 2.35. The van der Waals surface area contributed by atoms with Gasteiger partial charge < -0.3 is 9.47 Å². The van der Waals surface area contributed by atoms with Gasteiger partial charge in [0.1, 0.15) is 17.6 Å². The van der Waals surface area contributed by atoms with Crippen LogP contribution >= 0.6 is 0 Å². The van der Waals surface area contributed by atoms with Gasteiger partial charge in [-0.3, -0.25) is 10.1 Å². The molecule has 1 heterocycles. The lowest BCUT2D eigenvalue weighted by atomic mass is 10.1. The molecule has 0 amide bonds. The molecule has 0 unspecified atom stereocenters. The van der Waals surface area contributed by atoms with Gasteiger partial charge in [-0.05, 0) is 19.1 Å². The van der Waals surface area contributed by atoms with E-state index < -0.39 is 4.92 Å². The molecule has 1 aliphatic heterocycles. The van der Waals surface area contributed by atoms with Crippen molar-refractivity contribution >= 4 is 6.08 Å². The Labute approximate surface area is 105 Å². The summed E-state index contributed by atoms with van der Waals surface area (Å²) in [5.41, 5.74) is 1.81. The maximum absolute atomic E-state index is 10.7. The van der Waals surface area contributed by atoms with Crippen molar-refractivity contribution in [2.75, 3.05) is 7.11 Å². The summed E-state index contributed by atoms with van der Waals surface area (Å²) in [7, 11) is 1.56. The zero-order chi connectivity index (χ0) is 13.3. The molecule has 96 valence electrons. The van der Waals surface area contributed by atoms with Crippen LogP contribution in [0.1, 0.15) is 25.0 Å². The molecule has 5 nitrogen and oxygen atoms in total. The minimum absolute atomic E-state index is 0.0688. The zero-order valence-electron chi connectivity index (χ0n) is 10.6. The lowest BCUT2D eigenvalue weighted by Crippen LogP contribution is -2.05. The fourth-order valence-corrected chi connectivity index (χ4v) is 2.02. The molecule has 0 spiro atoms. The normalized spacial score (nSPS) is 18.2. The van der Waals surface area contributed by atoms with Crippen molar-refractivity contribution in [1.29, 1.82) is 0 Å². The molecule has 0 radical (unpaired) electrons. The van der Waals surface area contributed by atoms with Crippen LogP contribution in [0.15, 0.2) is 17.8 Å². The highest BCUT2D eigenvalue weighted by molar-refractivity contribution is 5.63. The van der Waals surface area contributed by atoms with Crippen molar-refractivity contribution in [2.45, 2.75) is 26.4 Å². The Bertz CT molecular complexity index is 522. The molecule has 0 aliphatic carbocycles. The largest absolute Gasteiger partial charge is 0.496 e. The van der Waals surface area contributed by atoms with Gasteiger partial charge in [-0.1, -0.05) is 0 Å². The number of hydrogen-bond donors (Lipinski definition) is 0. The fourth-order valence-electron chi connectivity index (χ4n) is 2.02. The van der Waals surface area contributed by atoms with E-state index in [4.69, 9.17) is 9.47 Å². The first-order chi connectivity index (χ1) is 8.51. The first-order valence-corrected chi connectivity index (χ1v) is 5.71.